The fraction of sp³-hybridized carbons (Fsp3) is 0.318. The molecule has 0 N–H and O–H groups in total. The molecule has 0 aromatic heterocycles. The Balaban J connectivity index is 0.000000701. The minimum absolute atomic E-state index is 0.189. The van der Waals surface area contributed by atoms with E-state index in [2.05, 4.69) is 83.1 Å². The number of benzene rings is 2. The molecule has 0 atom stereocenters. The molecule has 0 nitrogen and oxygen atoms in total. The zero-order valence-electron chi connectivity index (χ0n) is 15.6. The molecule has 0 spiro atoms. The van der Waals surface area contributed by atoms with E-state index in [1.807, 2.05) is 0 Å². The molecule has 0 bridgehead atoms. The first-order chi connectivity index (χ1) is 11.8. The predicted molar refractivity (Wildman–Crippen MR) is 109 cm³/mol. The summed E-state index contributed by atoms with van der Waals surface area (Å²) < 4.78 is 0. The van der Waals surface area contributed by atoms with E-state index in [0.717, 1.165) is 6.42 Å². The van der Waals surface area contributed by atoms with Crippen molar-refractivity contribution in [2.45, 2.75) is 46.5 Å². The summed E-state index contributed by atoms with van der Waals surface area (Å²) in [6, 6.07) is 18.1. The average molecular weight is 452 g/mol. The van der Waals surface area contributed by atoms with E-state index in [4.69, 9.17) is 17.0 Å². The Labute approximate surface area is 170 Å². The standard InChI is InChI=1S/C22H25.2ClH.Zr/c1-6-16-11-12-17-13-18(22(3,4)5)14-20(17)21(16)19-10-8-7-9-15(19)2;;;/h7-14H,6H2,1-5H3;2*1H;/q-1;;;+2/p-2. The van der Waals surface area contributed by atoms with Crippen molar-refractivity contribution in [3.8, 4) is 11.1 Å². The van der Waals surface area contributed by atoms with Gasteiger partial charge in [0.25, 0.3) is 0 Å². The topological polar surface area (TPSA) is 0 Å². The molecular weight excluding hydrogens is 426 g/mol. The quantitative estimate of drug-likeness (QED) is 0.349. The predicted octanol–water partition coefficient (Wildman–Crippen LogP) is 7.77. The summed E-state index contributed by atoms with van der Waals surface area (Å²) in [7, 11) is 9.87. The summed E-state index contributed by atoms with van der Waals surface area (Å²) >= 11 is -0.826. The van der Waals surface area contributed by atoms with Crippen LogP contribution in [0.25, 0.3) is 21.9 Å². The van der Waals surface area contributed by atoms with Crippen LogP contribution in [0, 0.1) is 6.92 Å². The van der Waals surface area contributed by atoms with Crippen LogP contribution in [-0.4, -0.2) is 0 Å². The first-order valence-corrected chi connectivity index (χ1v) is 14.9. The van der Waals surface area contributed by atoms with Crippen molar-refractivity contribution in [3.05, 3.63) is 65.2 Å². The van der Waals surface area contributed by atoms with Crippen LogP contribution in [0.4, 0.5) is 0 Å². The van der Waals surface area contributed by atoms with Crippen LogP contribution in [-0.2, 0) is 32.7 Å². The van der Waals surface area contributed by atoms with Crippen molar-refractivity contribution in [1.82, 2.24) is 0 Å². The van der Waals surface area contributed by atoms with Crippen LogP contribution in [0.2, 0.25) is 0 Å². The summed E-state index contributed by atoms with van der Waals surface area (Å²) in [5.41, 5.74) is 7.19. The Hall–Kier alpha value is -0.487. The van der Waals surface area contributed by atoms with Gasteiger partial charge in [0.1, 0.15) is 0 Å². The molecule has 3 aromatic carbocycles. The molecule has 25 heavy (non-hydrogen) atoms. The van der Waals surface area contributed by atoms with Gasteiger partial charge in [-0.25, -0.2) is 0 Å². The molecule has 0 saturated heterocycles. The molecule has 0 saturated carbocycles. The van der Waals surface area contributed by atoms with Crippen molar-refractivity contribution >= 4 is 27.8 Å². The van der Waals surface area contributed by atoms with Gasteiger partial charge in [-0.2, -0.15) is 6.07 Å². The Kier molecular flexibility index (Phi) is 7.44. The first-order valence-electron chi connectivity index (χ1n) is 8.58. The third-order valence-electron chi connectivity index (χ3n) is 4.64. The number of hydrogen-bond acceptors (Lipinski definition) is 0. The second kappa shape index (κ2) is 8.94. The Bertz CT molecular complexity index is 841. The van der Waals surface area contributed by atoms with Crippen LogP contribution in [0.3, 0.4) is 0 Å². The van der Waals surface area contributed by atoms with Gasteiger partial charge in [-0.1, -0.05) is 63.1 Å². The van der Waals surface area contributed by atoms with Crippen molar-refractivity contribution in [3.63, 3.8) is 0 Å². The van der Waals surface area contributed by atoms with Gasteiger partial charge in [-0.05, 0) is 29.9 Å². The van der Waals surface area contributed by atoms with E-state index in [-0.39, 0.29) is 5.41 Å². The molecule has 0 aliphatic rings. The molecule has 0 heterocycles. The molecular formula is C22H25Cl2Zr-. The van der Waals surface area contributed by atoms with E-state index in [9.17, 15) is 0 Å². The number of halogens is 2. The molecule has 0 aliphatic carbocycles. The van der Waals surface area contributed by atoms with Gasteiger partial charge >= 0.3 is 37.9 Å². The Morgan fingerprint density at radius 3 is 2.24 bits per heavy atom. The fourth-order valence-corrected chi connectivity index (χ4v) is 3.23. The fourth-order valence-electron chi connectivity index (χ4n) is 3.23. The molecule has 3 heteroatoms. The van der Waals surface area contributed by atoms with Crippen molar-refractivity contribution < 1.29 is 20.8 Å². The summed E-state index contributed by atoms with van der Waals surface area (Å²) in [5.74, 6) is 0. The van der Waals surface area contributed by atoms with E-state index in [1.54, 1.807) is 0 Å². The van der Waals surface area contributed by atoms with Gasteiger partial charge in [0.15, 0.2) is 0 Å². The zero-order valence-corrected chi connectivity index (χ0v) is 19.6. The maximum absolute atomic E-state index is 4.93. The summed E-state index contributed by atoms with van der Waals surface area (Å²) in [4.78, 5) is 0. The minimum atomic E-state index is -0.826. The monoisotopic (exact) mass is 449 g/mol. The van der Waals surface area contributed by atoms with Crippen LogP contribution in [0.15, 0.2) is 48.5 Å². The maximum atomic E-state index is 4.93. The average Bonchev–Trinajstić information content (AvgIpc) is 3.00. The second-order valence-corrected chi connectivity index (χ2v) is 11.1. The third-order valence-corrected chi connectivity index (χ3v) is 4.64. The van der Waals surface area contributed by atoms with Crippen molar-refractivity contribution in [1.29, 1.82) is 0 Å². The van der Waals surface area contributed by atoms with Gasteiger partial charge < -0.3 is 0 Å². The first kappa shape index (κ1) is 20.8. The van der Waals surface area contributed by atoms with Gasteiger partial charge in [-0.15, -0.1) is 34.5 Å². The van der Waals surface area contributed by atoms with E-state index in [0.29, 0.717) is 0 Å². The van der Waals surface area contributed by atoms with E-state index < -0.39 is 20.8 Å². The number of fused-ring (bicyclic) bond motifs is 1. The van der Waals surface area contributed by atoms with Gasteiger partial charge in [0, 0.05) is 0 Å². The SMILES string of the molecule is CCc1ccc2[cH-]c(C(C)(C)C)cc2c1-c1ccccc1C.[Cl][Zr][Cl]. The van der Waals surface area contributed by atoms with Gasteiger partial charge in [0.2, 0.25) is 0 Å². The Morgan fingerprint density at radius 2 is 1.68 bits per heavy atom. The van der Waals surface area contributed by atoms with Gasteiger partial charge in [0.05, 0.1) is 0 Å². The van der Waals surface area contributed by atoms with Crippen molar-refractivity contribution in [2.24, 2.45) is 0 Å². The van der Waals surface area contributed by atoms with Gasteiger partial charge in [-0.3, -0.25) is 0 Å². The van der Waals surface area contributed by atoms with E-state index >= 15 is 0 Å². The molecule has 0 fully saturated rings. The van der Waals surface area contributed by atoms with E-state index in [1.165, 1.54) is 38.6 Å². The summed E-state index contributed by atoms with van der Waals surface area (Å²) in [5, 5.41) is 2.76. The molecule has 0 radical (unpaired) electrons. The molecule has 0 amide bonds. The van der Waals surface area contributed by atoms with Crippen LogP contribution in [0.5, 0.6) is 0 Å². The second-order valence-electron chi connectivity index (χ2n) is 7.34. The molecule has 132 valence electrons. The molecule has 0 unspecified atom stereocenters. The zero-order chi connectivity index (χ0) is 18.6. The number of rotatable bonds is 2. The normalized spacial score (nSPS) is 11.2. The van der Waals surface area contributed by atoms with Crippen LogP contribution >= 0.6 is 17.0 Å². The van der Waals surface area contributed by atoms with Crippen LogP contribution in [0.1, 0.15) is 44.4 Å². The summed E-state index contributed by atoms with van der Waals surface area (Å²) in [6.07, 6.45) is 1.07. The third kappa shape index (κ3) is 4.82. The number of hydrogen-bond donors (Lipinski definition) is 0. The van der Waals surface area contributed by atoms with Crippen LogP contribution < -0.4 is 0 Å². The molecule has 3 rings (SSSR count). The molecule has 3 aromatic rings. The Morgan fingerprint density at radius 1 is 1.04 bits per heavy atom. The molecule has 0 aliphatic heterocycles. The van der Waals surface area contributed by atoms with Crippen molar-refractivity contribution in [2.75, 3.05) is 0 Å². The summed E-state index contributed by atoms with van der Waals surface area (Å²) in [6.45, 7) is 11.3. The number of aryl methyl sites for hydroxylation is 2.